The highest BCUT2D eigenvalue weighted by Gasteiger charge is 2.30. The van der Waals surface area contributed by atoms with E-state index in [4.69, 9.17) is 0 Å². The smallest absolute Gasteiger partial charge is 0.0385 e. The molecule has 1 aromatic carbocycles. The summed E-state index contributed by atoms with van der Waals surface area (Å²) >= 11 is 7.19. The number of hydrogen-bond acceptors (Lipinski definition) is 2. The molecule has 20 heavy (non-hydrogen) atoms. The van der Waals surface area contributed by atoms with Crippen LogP contribution in [-0.4, -0.2) is 31.1 Å². The molecule has 2 atom stereocenters. The molecule has 0 amide bonds. The van der Waals surface area contributed by atoms with Crippen molar-refractivity contribution in [3.05, 3.63) is 32.7 Å². The van der Waals surface area contributed by atoms with E-state index in [2.05, 4.69) is 81.2 Å². The van der Waals surface area contributed by atoms with Gasteiger partial charge < -0.3 is 5.32 Å². The molecule has 1 aliphatic heterocycles. The Labute approximate surface area is 139 Å². The maximum Gasteiger partial charge on any atom is 0.0385 e. The van der Waals surface area contributed by atoms with Gasteiger partial charge in [-0.1, -0.05) is 19.9 Å². The van der Waals surface area contributed by atoms with Crippen molar-refractivity contribution in [2.45, 2.75) is 38.8 Å². The molecule has 1 saturated heterocycles. The van der Waals surface area contributed by atoms with Gasteiger partial charge >= 0.3 is 0 Å². The Kier molecular flexibility index (Phi) is 6.09. The van der Waals surface area contributed by atoms with Gasteiger partial charge in [-0.2, -0.15) is 0 Å². The van der Waals surface area contributed by atoms with E-state index in [1.807, 2.05) is 0 Å². The van der Waals surface area contributed by atoms with Gasteiger partial charge in [-0.3, -0.25) is 4.90 Å². The molecule has 1 aromatic rings. The Hall–Kier alpha value is 0.1000. The van der Waals surface area contributed by atoms with Crippen molar-refractivity contribution >= 4 is 31.9 Å². The molecule has 0 spiro atoms. The van der Waals surface area contributed by atoms with Gasteiger partial charge in [0.1, 0.15) is 0 Å². The van der Waals surface area contributed by atoms with E-state index >= 15 is 0 Å². The van der Waals surface area contributed by atoms with Gasteiger partial charge in [0, 0.05) is 27.6 Å². The maximum atomic E-state index is 3.63. The van der Waals surface area contributed by atoms with Gasteiger partial charge in [0.25, 0.3) is 0 Å². The summed E-state index contributed by atoms with van der Waals surface area (Å²) in [5.41, 5.74) is 1.41. The van der Waals surface area contributed by atoms with Crippen LogP contribution in [0.2, 0.25) is 0 Å². The minimum atomic E-state index is 0.513. The average molecular weight is 404 g/mol. The van der Waals surface area contributed by atoms with Crippen molar-refractivity contribution in [2.24, 2.45) is 5.92 Å². The fourth-order valence-electron chi connectivity index (χ4n) is 3.08. The van der Waals surface area contributed by atoms with Crippen LogP contribution < -0.4 is 5.32 Å². The molecule has 0 radical (unpaired) electrons. The highest BCUT2D eigenvalue weighted by atomic mass is 79.9. The van der Waals surface area contributed by atoms with E-state index in [-0.39, 0.29) is 0 Å². The Balaban J connectivity index is 2.20. The van der Waals surface area contributed by atoms with E-state index in [0.717, 1.165) is 15.5 Å². The predicted octanol–water partition coefficient (Wildman–Crippen LogP) is 4.59. The highest BCUT2D eigenvalue weighted by Crippen LogP contribution is 2.37. The third-order valence-electron chi connectivity index (χ3n) is 4.08. The van der Waals surface area contributed by atoms with E-state index in [0.29, 0.717) is 18.0 Å². The Morgan fingerprint density at radius 3 is 2.70 bits per heavy atom. The number of rotatable bonds is 4. The summed E-state index contributed by atoms with van der Waals surface area (Å²) in [5.74, 6) is 0.684. The van der Waals surface area contributed by atoms with Crippen LogP contribution in [0, 0.1) is 5.92 Å². The lowest BCUT2D eigenvalue weighted by molar-refractivity contribution is 0.118. The van der Waals surface area contributed by atoms with Crippen molar-refractivity contribution in [1.82, 2.24) is 10.2 Å². The molecule has 1 aliphatic rings. The first-order valence-electron chi connectivity index (χ1n) is 7.37. The Morgan fingerprint density at radius 2 is 2.05 bits per heavy atom. The quantitative estimate of drug-likeness (QED) is 0.790. The van der Waals surface area contributed by atoms with Gasteiger partial charge in [0.05, 0.1) is 0 Å². The SMILES string of the molecule is CC(C)NCC1CCCN(C)C1c1ccc(Br)c(Br)c1. The standard InChI is InChI=1S/C16H24Br2N2/c1-11(2)19-10-13-5-4-8-20(3)16(13)12-6-7-14(17)15(18)9-12/h6-7,9,11,13,16,19H,4-5,8,10H2,1-3H3. The van der Waals surface area contributed by atoms with Gasteiger partial charge in [-0.15, -0.1) is 0 Å². The minimum Gasteiger partial charge on any atom is -0.314 e. The third-order valence-corrected chi connectivity index (χ3v) is 5.96. The van der Waals surface area contributed by atoms with Crippen LogP contribution in [0.25, 0.3) is 0 Å². The lowest BCUT2D eigenvalue weighted by Crippen LogP contribution is -2.41. The molecular weight excluding hydrogens is 380 g/mol. The van der Waals surface area contributed by atoms with Crippen molar-refractivity contribution in [3.63, 3.8) is 0 Å². The monoisotopic (exact) mass is 402 g/mol. The highest BCUT2D eigenvalue weighted by molar-refractivity contribution is 9.13. The van der Waals surface area contributed by atoms with Gasteiger partial charge in [-0.05, 0) is 81.9 Å². The van der Waals surface area contributed by atoms with Crippen molar-refractivity contribution in [1.29, 1.82) is 0 Å². The molecule has 0 bridgehead atoms. The molecule has 2 rings (SSSR count). The lowest BCUT2D eigenvalue weighted by atomic mass is 9.85. The number of nitrogens with one attached hydrogen (secondary N) is 1. The summed E-state index contributed by atoms with van der Waals surface area (Å²) in [4.78, 5) is 2.51. The average Bonchev–Trinajstić information content (AvgIpc) is 2.40. The van der Waals surface area contributed by atoms with E-state index in [9.17, 15) is 0 Å². The van der Waals surface area contributed by atoms with E-state index in [1.54, 1.807) is 0 Å². The summed E-state index contributed by atoms with van der Waals surface area (Å²) < 4.78 is 2.26. The van der Waals surface area contributed by atoms with Gasteiger partial charge in [0.2, 0.25) is 0 Å². The predicted molar refractivity (Wildman–Crippen MR) is 93.1 cm³/mol. The molecule has 0 aromatic heterocycles. The first-order chi connectivity index (χ1) is 9.49. The van der Waals surface area contributed by atoms with Crippen LogP contribution in [0.3, 0.4) is 0 Å². The van der Waals surface area contributed by atoms with Crippen LogP contribution >= 0.6 is 31.9 Å². The molecule has 112 valence electrons. The zero-order valence-corrected chi connectivity index (χ0v) is 15.7. The van der Waals surface area contributed by atoms with Crippen LogP contribution in [-0.2, 0) is 0 Å². The molecular formula is C16H24Br2N2. The van der Waals surface area contributed by atoms with Crippen LogP contribution in [0.5, 0.6) is 0 Å². The van der Waals surface area contributed by atoms with E-state index < -0.39 is 0 Å². The maximum absolute atomic E-state index is 3.63. The van der Waals surface area contributed by atoms with Crippen molar-refractivity contribution in [3.8, 4) is 0 Å². The number of piperidine rings is 1. The summed E-state index contributed by atoms with van der Waals surface area (Å²) in [7, 11) is 2.25. The van der Waals surface area contributed by atoms with E-state index in [1.165, 1.54) is 24.9 Å². The fraction of sp³-hybridized carbons (Fsp3) is 0.625. The minimum absolute atomic E-state index is 0.513. The Bertz CT molecular complexity index is 448. The molecule has 0 aliphatic carbocycles. The molecule has 1 heterocycles. The molecule has 2 unspecified atom stereocenters. The summed E-state index contributed by atoms with van der Waals surface area (Å²) in [6.45, 7) is 6.73. The summed E-state index contributed by atoms with van der Waals surface area (Å²) in [5, 5.41) is 3.61. The van der Waals surface area contributed by atoms with Crippen LogP contribution in [0.15, 0.2) is 27.1 Å². The number of hydrogen-bond donors (Lipinski definition) is 1. The van der Waals surface area contributed by atoms with Crippen LogP contribution in [0.1, 0.15) is 38.3 Å². The zero-order valence-electron chi connectivity index (χ0n) is 12.5. The normalized spacial score (nSPS) is 24.3. The second kappa shape index (κ2) is 7.39. The number of benzene rings is 1. The molecule has 2 nitrogen and oxygen atoms in total. The lowest BCUT2D eigenvalue weighted by Gasteiger charge is -2.40. The zero-order chi connectivity index (χ0) is 14.7. The molecule has 0 saturated carbocycles. The second-order valence-electron chi connectivity index (χ2n) is 6.06. The number of likely N-dealkylation sites (tertiary alicyclic amines) is 1. The fourth-order valence-corrected chi connectivity index (χ4v) is 3.73. The third kappa shape index (κ3) is 4.06. The molecule has 4 heteroatoms. The topological polar surface area (TPSA) is 15.3 Å². The summed E-state index contributed by atoms with van der Waals surface area (Å²) in [6.07, 6.45) is 2.61. The van der Waals surface area contributed by atoms with Gasteiger partial charge in [-0.25, -0.2) is 0 Å². The van der Waals surface area contributed by atoms with Crippen molar-refractivity contribution in [2.75, 3.05) is 20.1 Å². The van der Waals surface area contributed by atoms with Crippen molar-refractivity contribution < 1.29 is 0 Å². The van der Waals surface area contributed by atoms with Gasteiger partial charge in [0.15, 0.2) is 0 Å². The summed E-state index contributed by atoms with van der Waals surface area (Å²) in [6, 6.07) is 7.73. The largest absolute Gasteiger partial charge is 0.314 e. The molecule has 1 N–H and O–H groups in total. The Morgan fingerprint density at radius 1 is 1.30 bits per heavy atom. The first kappa shape index (κ1) is 16.5. The van der Waals surface area contributed by atoms with Crippen LogP contribution in [0.4, 0.5) is 0 Å². The molecule has 1 fully saturated rings. The first-order valence-corrected chi connectivity index (χ1v) is 8.96. The number of nitrogens with zero attached hydrogens (tertiary/aromatic N) is 1. The second-order valence-corrected chi connectivity index (χ2v) is 7.77. The number of halogens is 2.